The Balaban J connectivity index is 1.94. The topological polar surface area (TPSA) is 45.0 Å². The molecule has 1 aliphatic heterocycles. The molecular weight excluding hydrogens is 224 g/mol. The molecule has 0 spiro atoms. The van der Waals surface area contributed by atoms with Gasteiger partial charge < -0.3 is 10.1 Å². The molecule has 1 atom stereocenters. The average molecular weight is 242 g/mol. The van der Waals surface area contributed by atoms with Gasteiger partial charge in [-0.2, -0.15) is 5.26 Å². The van der Waals surface area contributed by atoms with Crippen molar-refractivity contribution in [3.05, 3.63) is 29.3 Å². The van der Waals surface area contributed by atoms with Crippen molar-refractivity contribution >= 4 is 0 Å². The third-order valence-electron chi connectivity index (χ3n) is 4.12. The third kappa shape index (κ3) is 1.77. The van der Waals surface area contributed by atoms with Gasteiger partial charge in [-0.1, -0.05) is 12.1 Å². The zero-order chi connectivity index (χ0) is 12.6. The Morgan fingerprint density at radius 2 is 2.28 bits per heavy atom. The number of nitriles is 1. The highest BCUT2D eigenvalue weighted by Crippen LogP contribution is 2.54. The quantitative estimate of drug-likeness (QED) is 0.886. The van der Waals surface area contributed by atoms with Crippen LogP contribution in [0.15, 0.2) is 18.2 Å². The molecule has 0 bridgehead atoms. The molecule has 1 unspecified atom stereocenters. The summed E-state index contributed by atoms with van der Waals surface area (Å²) in [4.78, 5) is 0. The highest BCUT2D eigenvalue weighted by atomic mass is 16.5. The van der Waals surface area contributed by atoms with Crippen LogP contribution in [0.4, 0.5) is 0 Å². The van der Waals surface area contributed by atoms with E-state index >= 15 is 0 Å². The monoisotopic (exact) mass is 242 g/mol. The number of aryl methyl sites for hydroxylation is 1. The molecule has 1 N–H and O–H groups in total. The first-order valence-electron chi connectivity index (χ1n) is 6.63. The molecule has 1 fully saturated rings. The van der Waals surface area contributed by atoms with Crippen molar-refractivity contribution in [1.29, 1.82) is 5.26 Å². The van der Waals surface area contributed by atoms with Crippen LogP contribution in [0, 0.1) is 16.7 Å². The van der Waals surface area contributed by atoms with Crippen molar-refractivity contribution in [2.75, 3.05) is 13.7 Å². The Morgan fingerprint density at radius 1 is 1.44 bits per heavy atom. The number of nitrogens with zero attached hydrogens (tertiary/aromatic N) is 1. The summed E-state index contributed by atoms with van der Waals surface area (Å²) in [7, 11) is 1.94. The summed E-state index contributed by atoms with van der Waals surface area (Å²) >= 11 is 0. The summed E-state index contributed by atoms with van der Waals surface area (Å²) in [6.45, 7) is 0.823. The zero-order valence-corrected chi connectivity index (χ0v) is 10.7. The molecule has 2 aliphatic rings. The van der Waals surface area contributed by atoms with E-state index in [-0.39, 0.29) is 11.5 Å². The molecule has 3 heteroatoms. The van der Waals surface area contributed by atoms with Crippen molar-refractivity contribution in [2.45, 2.75) is 31.7 Å². The fraction of sp³-hybridized carbons (Fsp3) is 0.533. The van der Waals surface area contributed by atoms with Gasteiger partial charge in [-0.25, -0.2) is 0 Å². The molecule has 1 aliphatic carbocycles. The molecule has 0 amide bonds. The van der Waals surface area contributed by atoms with Crippen molar-refractivity contribution in [3.63, 3.8) is 0 Å². The maximum atomic E-state index is 9.34. The summed E-state index contributed by atoms with van der Waals surface area (Å²) in [5.41, 5.74) is 2.33. The van der Waals surface area contributed by atoms with Crippen LogP contribution in [-0.4, -0.2) is 13.7 Å². The normalized spacial score (nSPS) is 21.3. The highest BCUT2D eigenvalue weighted by molar-refractivity contribution is 5.41. The van der Waals surface area contributed by atoms with Crippen LogP contribution in [-0.2, 0) is 6.42 Å². The van der Waals surface area contributed by atoms with Crippen LogP contribution >= 0.6 is 0 Å². The Bertz CT molecular complexity index is 500. The number of ether oxygens (including phenoxy) is 1. The van der Waals surface area contributed by atoms with Crippen molar-refractivity contribution in [1.82, 2.24) is 5.32 Å². The maximum absolute atomic E-state index is 9.34. The van der Waals surface area contributed by atoms with Gasteiger partial charge in [-0.05, 0) is 49.9 Å². The van der Waals surface area contributed by atoms with E-state index in [9.17, 15) is 5.26 Å². The molecule has 0 saturated heterocycles. The van der Waals surface area contributed by atoms with E-state index in [1.807, 2.05) is 7.05 Å². The summed E-state index contributed by atoms with van der Waals surface area (Å²) in [5, 5.41) is 12.7. The minimum absolute atomic E-state index is 0.148. The molecule has 1 heterocycles. The average Bonchev–Trinajstić information content (AvgIpc) is 3.20. The fourth-order valence-corrected chi connectivity index (χ4v) is 2.92. The van der Waals surface area contributed by atoms with Gasteiger partial charge in [-0.3, -0.25) is 0 Å². The Labute approximate surface area is 108 Å². The van der Waals surface area contributed by atoms with Crippen molar-refractivity contribution in [2.24, 2.45) is 5.41 Å². The van der Waals surface area contributed by atoms with E-state index in [1.54, 1.807) is 0 Å². The molecule has 3 rings (SSSR count). The maximum Gasteiger partial charge on any atom is 0.122 e. The van der Waals surface area contributed by atoms with Gasteiger partial charge in [0.05, 0.1) is 24.1 Å². The van der Waals surface area contributed by atoms with Gasteiger partial charge in [0.15, 0.2) is 0 Å². The third-order valence-corrected chi connectivity index (χ3v) is 4.12. The van der Waals surface area contributed by atoms with E-state index in [2.05, 4.69) is 29.6 Å². The van der Waals surface area contributed by atoms with E-state index in [0.29, 0.717) is 0 Å². The second-order valence-electron chi connectivity index (χ2n) is 5.31. The minimum Gasteiger partial charge on any atom is -0.493 e. The van der Waals surface area contributed by atoms with Crippen molar-refractivity contribution in [3.8, 4) is 11.8 Å². The molecule has 1 aromatic rings. The Hall–Kier alpha value is -1.53. The summed E-state index contributed by atoms with van der Waals surface area (Å²) in [6, 6.07) is 9.01. The molecule has 1 aromatic carbocycles. The van der Waals surface area contributed by atoms with Crippen LogP contribution in [0.2, 0.25) is 0 Å². The van der Waals surface area contributed by atoms with Crippen LogP contribution in [0.25, 0.3) is 0 Å². The van der Waals surface area contributed by atoms with Gasteiger partial charge in [0, 0.05) is 0 Å². The standard InChI is InChI=1S/C15H18N2O/c1-17-14(15(10-16)6-7-15)12-4-5-13-11(9-12)3-2-8-18-13/h4-5,9,14,17H,2-3,6-8H2,1H3. The Morgan fingerprint density at radius 3 is 2.94 bits per heavy atom. The first-order chi connectivity index (χ1) is 8.79. The molecule has 94 valence electrons. The SMILES string of the molecule is CNC(c1ccc2c(c1)CCCO2)C1(C#N)CC1. The number of fused-ring (bicyclic) bond motifs is 1. The molecular formula is C15H18N2O. The Kier molecular flexibility index (Phi) is 2.76. The minimum atomic E-state index is -0.182. The van der Waals surface area contributed by atoms with Gasteiger partial charge in [0.2, 0.25) is 0 Å². The predicted molar refractivity (Wildman–Crippen MR) is 69.3 cm³/mol. The smallest absolute Gasteiger partial charge is 0.122 e. The number of rotatable bonds is 3. The lowest BCUT2D eigenvalue weighted by Gasteiger charge is -2.24. The van der Waals surface area contributed by atoms with E-state index < -0.39 is 0 Å². The van der Waals surface area contributed by atoms with Crippen LogP contribution in [0.5, 0.6) is 5.75 Å². The van der Waals surface area contributed by atoms with Crippen LogP contribution in [0.1, 0.15) is 36.4 Å². The van der Waals surface area contributed by atoms with E-state index in [0.717, 1.165) is 38.0 Å². The lowest BCUT2D eigenvalue weighted by Crippen LogP contribution is -2.26. The van der Waals surface area contributed by atoms with E-state index in [1.165, 1.54) is 11.1 Å². The van der Waals surface area contributed by atoms with E-state index in [4.69, 9.17) is 4.74 Å². The first-order valence-corrected chi connectivity index (χ1v) is 6.63. The molecule has 0 radical (unpaired) electrons. The van der Waals surface area contributed by atoms with Gasteiger partial charge in [-0.15, -0.1) is 0 Å². The summed E-state index contributed by atoms with van der Waals surface area (Å²) < 4.78 is 5.63. The fourth-order valence-electron chi connectivity index (χ4n) is 2.92. The second-order valence-corrected chi connectivity index (χ2v) is 5.31. The van der Waals surface area contributed by atoms with Gasteiger partial charge in [0.1, 0.15) is 5.75 Å². The van der Waals surface area contributed by atoms with Gasteiger partial charge in [0.25, 0.3) is 0 Å². The molecule has 3 nitrogen and oxygen atoms in total. The van der Waals surface area contributed by atoms with Crippen LogP contribution < -0.4 is 10.1 Å². The molecule has 0 aromatic heterocycles. The number of benzene rings is 1. The lowest BCUT2D eigenvalue weighted by molar-refractivity contribution is 0.288. The predicted octanol–water partition coefficient (Wildman–Crippen LogP) is 2.58. The molecule has 1 saturated carbocycles. The number of hydrogen-bond acceptors (Lipinski definition) is 3. The molecule has 18 heavy (non-hydrogen) atoms. The first kappa shape index (κ1) is 11.6. The zero-order valence-electron chi connectivity index (χ0n) is 10.7. The lowest BCUT2D eigenvalue weighted by atomic mass is 9.89. The number of hydrogen-bond donors (Lipinski definition) is 1. The summed E-state index contributed by atoms with van der Waals surface area (Å²) in [5.74, 6) is 1.02. The van der Waals surface area contributed by atoms with Gasteiger partial charge >= 0.3 is 0 Å². The largest absolute Gasteiger partial charge is 0.493 e. The number of nitrogens with one attached hydrogen (secondary N) is 1. The highest BCUT2D eigenvalue weighted by Gasteiger charge is 2.50. The van der Waals surface area contributed by atoms with Crippen LogP contribution in [0.3, 0.4) is 0 Å². The second kappa shape index (κ2) is 4.29. The summed E-state index contributed by atoms with van der Waals surface area (Å²) in [6.07, 6.45) is 4.18. The van der Waals surface area contributed by atoms with Crippen molar-refractivity contribution < 1.29 is 4.74 Å².